The van der Waals surface area contributed by atoms with Crippen LogP contribution in [-0.4, -0.2) is 89.0 Å². The number of allylic oxidation sites excluding steroid dienone is 1. The second kappa shape index (κ2) is 14.1. The number of rotatable bonds is 7. The monoisotopic (exact) mass is 792 g/mol. The maximum absolute atomic E-state index is 15.0. The number of piperazine rings is 1. The minimum absolute atomic E-state index is 0.0393. The van der Waals surface area contributed by atoms with Crippen molar-refractivity contribution in [3.05, 3.63) is 70.0 Å². The summed E-state index contributed by atoms with van der Waals surface area (Å²) in [5, 5.41) is 4.05. The van der Waals surface area contributed by atoms with Crippen molar-refractivity contribution >= 4 is 44.4 Å². The molecule has 11 nitrogen and oxygen atoms in total. The Labute approximate surface area is 324 Å². The lowest BCUT2D eigenvalue weighted by Crippen LogP contribution is -2.54. The summed E-state index contributed by atoms with van der Waals surface area (Å²) < 4.78 is 81.5. The summed E-state index contributed by atoms with van der Waals surface area (Å²) in [6.07, 6.45) is 3.43. The van der Waals surface area contributed by atoms with Crippen molar-refractivity contribution in [2.45, 2.75) is 94.8 Å². The Morgan fingerprint density at radius 2 is 1.64 bits per heavy atom. The van der Waals surface area contributed by atoms with Gasteiger partial charge in [-0.1, -0.05) is 25.3 Å². The van der Waals surface area contributed by atoms with Crippen LogP contribution in [-0.2, 0) is 29.8 Å². The lowest BCUT2D eigenvalue weighted by molar-refractivity contribution is -0.141. The van der Waals surface area contributed by atoms with Crippen LogP contribution in [0.4, 0.5) is 13.2 Å². The molecule has 2 bridgehead atoms. The summed E-state index contributed by atoms with van der Waals surface area (Å²) in [4.78, 5) is 32.0. The number of aryl methyl sites for hydroxylation is 1. The van der Waals surface area contributed by atoms with E-state index in [2.05, 4.69) is 14.7 Å². The molecule has 2 aromatic carbocycles. The summed E-state index contributed by atoms with van der Waals surface area (Å²) in [6, 6.07) is 10.4. The zero-order valence-corrected chi connectivity index (χ0v) is 33.1. The molecule has 4 aromatic rings. The SMILES string of the molecule is COc1ccc2c(c1)C=C(c1c(C(=O)N3C4CCC3CN(C)C4)c(C(F)(F)F)nn1C)Cn1c-2c(C2CCCCC2)c2ccc(C(=O)NS(=O)(=O)C(C)C)cc21. The minimum atomic E-state index is -4.91. The smallest absolute Gasteiger partial charge is 0.435 e. The Kier molecular flexibility index (Phi) is 9.62. The van der Waals surface area contributed by atoms with Gasteiger partial charge in [-0.15, -0.1) is 0 Å². The molecule has 1 N–H and O–H groups in total. The predicted molar refractivity (Wildman–Crippen MR) is 208 cm³/mol. The van der Waals surface area contributed by atoms with Gasteiger partial charge in [0, 0.05) is 54.3 Å². The molecular weight excluding hydrogens is 746 g/mol. The highest BCUT2D eigenvalue weighted by molar-refractivity contribution is 7.90. The molecule has 2 saturated heterocycles. The number of amides is 2. The Balaban J connectivity index is 1.37. The number of nitrogens with zero attached hydrogens (tertiary/aromatic N) is 5. The van der Waals surface area contributed by atoms with E-state index in [1.54, 1.807) is 24.1 Å². The quantitative estimate of drug-likeness (QED) is 0.213. The Morgan fingerprint density at radius 3 is 2.29 bits per heavy atom. The van der Waals surface area contributed by atoms with Crippen molar-refractivity contribution in [1.29, 1.82) is 0 Å². The fourth-order valence-corrected chi connectivity index (χ4v) is 10.1. The number of sulfonamides is 1. The van der Waals surface area contributed by atoms with Crippen molar-refractivity contribution in [1.82, 2.24) is 28.9 Å². The van der Waals surface area contributed by atoms with Crippen LogP contribution < -0.4 is 9.46 Å². The Hall–Kier alpha value is -4.63. The van der Waals surface area contributed by atoms with Gasteiger partial charge in [0.05, 0.1) is 35.9 Å². The van der Waals surface area contributed by atoms with Crippen molar-refractivity contribution in [3.8, 4) is 17.0 Å². The van der Waals surface area contributed by atoms with Gasteiger partial charge in [0.1, 0.15) is 5.75 Å². The number of benzene rings is 2. The number of carbonyl (C=O) groups is 2. The average molecular weight is 793 g/mol. The van der Waals surface area contributed by atoms with Gasteiger partial charge in [-0.25, -0.2) is 13.1 Å². The van der Waals surface area contributed by atoms with E-state index in [1.807, 2.05) is 42.0 Å². The largest absolute Gasteiger partial charge is 0.497 e. The second-order valence-corrected chi connectivity index (χ2v) is 18.3. The van der Waals surface area contributed by atoms with Crippen LogP contribution in [0.15, 0.2) is 36.4 Å². The highest BCUT2D eigenvalue weighted by Crippen LogP contribution is 2.49. The third kappa shape index (κ3) is 6.49. The fraction of sp³-hybridized carbons (Fsp3) is 0.488. The number of aromatic nitrogens is 3. The van der Waals surface area contributed by atoms with Crippen LogP contribution in [0.2, 0.25) is 0 Å². The molecule has 3 aliphatic heterocycles. The number of methoxy groups -OCH3 is 1. The first-order valence-corrected chi connectivity index (χ1v) is 20.9. The summed E-state index contributed by atoms with van der Waals surface area (Å²) in [5.74, 6) is -0.734. The number of hydrogen-bond acceptors (Lipinski definition) is 7. The van der Waals surface area contributed by atoms with Gasteiger partial charge in [0.2, 0.25) is 10.0 Å². The number of halogens is 3. The van der Waals surface area contributed by atoms with Gasteiger partial charge >= 0.3 is 6.18 Å². The molecule has 0 radical (unpaired) electrons. The summed E-state index contributed by atoms with van der Waals surface area (Å²) in [7, 11) is 1.02. The topological polar surface area (TPSA) is 119 Å². The molecule has 0 spiro atoms. The van der Waals surface area contributed by atoms with Gasteiger partial charge in [0.15, 0.2) is 5.69 Å². The van der Waals surface area contributed by atoms with E-state index in [1.165, 1.54) is 25.6 Å². The summed E-state index contributed by atoms with van der Waals surface area (Å²) in [6.45, 7) is 4.16. The van der Waals surface area contributed by atoms with E-state index in [-0.39, 0.29) is 35.8 Å². The standard InChI is InChI=1S/C41H47F3N6O5S/c1-23(2)56(53,54)46-39(51)25-11-15-32-33(19-25)49-20-27(17-26-18-30(55-5)14-16-31(26)37(49)34(32)24-9-7-6-8-10-24)36-35(38(41(42,43)44)45-48(36)4)40(52)50-28-12-13-29(50)22-47(3)21-28/h11,14-19,23-24,28-29H,6-10,12-13,20-22H2,1-5H3,(H,46,51). The third-order valence-corrected chi connectivity index (χ3v) is 13.9. The zero-order chi connectivity index (χ0) is 39.8. The van der Waals surface area contributed by atoms with Crippen LogP contribution >= 0.6 is 0 Å². The van der Waals surface area contributed by atoms with Gasteiger partial charge in [-0.2, -0.15) is 18.3 Å². The van der Waals surface area contributed by atoms with Crippen LogP contribution in [0.5, 0.6) is 5.75 Å². The number of likely N-dealkylation sites (N-methyl/N-ethyl adjacent to an activating group) is 1. The van der Waals surface area contributed by atoms with Crippen LogP contribution in [0.1, 0.15) is 108 Å². The maximum Gasteiger partial charge on any atom is 0.435 e. The van der Waals surface area contributed by atoms with Crippen LogP contribution in [0.25, 0.3) is 33.8 Å². The van der Waals surface area contributed by atoms with Crippen LogP contribution in [0.3, 0.4) is 0 Å². The molecule has 1 saturated carbocycles. The number of ether oxygens (including phenoxy) is 1. The number of likely N-dealkylation sites (tertiary alicyclic amines) is 1. The molecular formula is C41H47F3N6O5S. The molecule has 2 aromatic heterocycles. The van der Waals surface area contributed by atoms with Gasteiger partial charge < -0.3 is 19.1 Å². The molecule has 15 heteroatoms. The van der Waals surface area contributed by atoms with Crippen molar-refractivity contribution in [2.75, 3.05) is 27.2 Å². The molecule has 2 unspecified atom stereocenters. The van der Waals surface area contributed by atoms with E-state index in [9.17, 15) is 31.2 Å². The molecule has 5 heterocycles. The Morgan fingerprint density at radius 1 is 0.946 bits per heavy atom. The Bertz CT molecular complexity index is 2380. The lowest BCUT2D eigenvalue weighted by Gasteiger charge is -2.39. The average Bonchev–Trinajstić information content (AvgIpc) is 3.72. The third-order valence-electron chi connectivity index (χ3n) is 12.1. The number of hydrogen-bond donors (Lipinski definition) is 1. The number of fused-ring (bicyclic) bond motifs is 7. The van der Waals surface area contributed by atoms with E-state index < -0.39 is 44.5 Å². The van der Waals surface area contributed by atoms with E-state index in [4.69, 9.17) is 4.74 Å². The van der Waals surface area contributed by atoms with Crippen molar-refractivity contribution < 1.29 is 35.9 Å². The predicted octanol–water partition coefficient (Wildman–Crippen LogP) is 7.06. The first-order valence-electron chi connectivity index (χ1n) is 19.3. The minimum Gasteiger partial charge on any atom is -0.497 e. The number of carbonyl (C=O) groups excluding carboxylic acids is 2. The molecule has 4 aliphatic rings. The highest BCUT2D eigenvalue weighted by atomic mass is 32.2. The van der Waals surface area contributed by atoms with Gasteiger partial charge in [-0.3, -0.25) is 14.3 Å². The summed E-state index contributed by atoms with van der Waals surface area (Å²) >= 11 is 0. The molecule has 3 fully saturated rings. The molecule has 8 rings (SSSR count). The molecule has 1 aliphatic carbocycles. The fourth-order valence-electron chi connectivity index (χ4n) is 9.50. The zero-order valence-electron chi connectivity index (χ0n) is 32.2. The molecule has 2 atom stereocenters. The number of alkyl halides is 3. The van der Waals surface area contributed by atoms with Gasteiger partial charge in [0.25, 0.3) is 11.8 Å². The van der Waals surface area contributed by atoms with Crippen molar-refractivity contribution in [3.63, 3.8) is 0 Å². The second-order valence-electron chi connectivity index (χ2n) is 16.1. The first kappa shape index (κ1) is 38.3. The molecule has 298 valence electrons. The van der Waals surface area contributed by atoms with E-state index in [0.29, 0.717) is 48.3 Å². The normalized spacial score (nSPS) is 20.5. The van der Waals surface area contributed by atoms with Gasteiger partial charge in [-0.05, 0) is 106 Å². The molecule has 2 amide bonds. The van der Waals surface area contributed by atoms with E-state index in [0.717, 1.165) is 54.3 Å². The maximum atomic E-state index is 15.0. The first-order chi connectivity index (χ1) is 26.6. The summed E-state index contributed by atoms with van der Waals surface area (Å²) in [5.41, 5.74) is 3.04. The van der Waals surface area contributed by atoms with E-state index >= 15 is 0 Å². The number of nitrogens with one attached hydrogen (secondary N) is 1. The highest BCUT2D eigenvalue weighted by Gasteiger charge is 2.48. The van der Waals surface area contributed by atoms with Crippen molar-refractivity contribution in [2.24, 2.45) is 7.05 Å². The lowest BCUT2D eigenvalue weighted by atomic mass is 9.81. The molecule has 56 heavy (non-hydrogen) atoms. The van der Waals surface area contributed by atoms with Crippen LogP contribution in [0, 0.1) is 0 Å².